The average Bonchev–Trinajstić information content (AvgIpc) is 2.78. The van der Waals surface area contributed by atoms with Crippen LogP contribution in [0.1, 0.15) is 25.7 Å². The van der Waals surface area contributed by atoms with Crippen LogP contribution in [0, 0.1) is 0 Å². The van der Waals surface area contributed by atoms with Crippen molar-refractivity contribution in [2.75, 3.05) is 27.9 Å². The summed E-state index contributed by atoms with van der Waals surface area (Å²) in [6, 6.07) is 0.729. The summed E-state index contributed by atoms with van der Waals surface area (Å²) >= 11 is 0. The van der Waals surface area contributed by atoms with Gasteiger partial charge in [-0.25, -0.2) is 0 Å². The van der Waals surface area contributed by atoms with Crippen LogP contribution in [0.5, 0.6) is 0 Å². The second-order valence-corrected chi connectivity index (χ2v) is 6.91. The maximum Gasteiger partial charge on any atom is 0.502 e. The fourth-order valence-corrected chi connectivity index (χ4v) is 3.44. The summed E-state index contributed by atoms with van der Waals surface area (Å²) in [5.41, 5.74) is 0. The van der Waals surface area contributed by atoms with E-state index in [1.807, 2.05) is 0 Å². The zero-order chi connectivity index (χ0) is 11.1. The summed E-state index contributed by atoms with van der Waals surface area (Å²) in [5, 5.41) is 0. The number of hydrogen-bond donors (Lipinski definition) is 0. The molecule has 0 unspecified atom stereocenters. The van der Waals surface area contributed by atoms with Gasteiger partial charge in [0, 0.05) is 27.4 Å². The standard InChI is InChI=1S/C10H22O4Si/c1-11-15(12-2,13-3)9-8-14-10-6-4-5-7-10/h10H,4-9H2,1-3H3. The molecule has 1 fully saturated rings. The molecule has 0 atom stereocenters. The van der Waals surface area contributed by atoms with Gasteiger partial charge in [-0.1, -0.05) is 12.8 Å². The van der Waals surface area contributed by atoms with E-state index in [2.05, 4.69) is 0 Å². The van der Waals surface area contributed by atoms with E-state index >= 15 is 0 Å². The normalized spacial score (nSPS) is 18.6. The first-order valence-electron chi connectivity index (χ1n) is 5.53. The van der Waals surface area contributed by atoms with E-state index in [-0.39, 0.29) is 0 Å². The molecule has 0 bridgehead atoms. The maximum absolute atomic E-state index is 5.76. The Morgan fingerprint density at radius 2 is 1.53 bits per heavy atom. The molecular formula is C10H22O4Si. The minimum absolute atomic E-state index is 0.447. The van der Waals surface area contributed by atoms with Crippen LogP contribution in [-0.2, 0) is 18.0 Å². The van der Waals surface area contributed by atoms with Crippen LogP contribution in [0.4, 0.5) is 0 Å². The molecule has 1 saturated carbocycles. The molecule has 1 aliphatic rings. The van der Waals surface area contributed by atoms with E-state index in [1.165, 1.54) is 25.7 Å². The third kappa shape index (κ3) is 3.84. The number of hydrogen-bond acceptors (Lipinski definition) is 4. The van der Waals surface area contributed by atoms with Crippen molar-refractivity contribution in [3.05, 3.63) is 0 Å². The Morgan fingerprint density at radius 1 is 1.00 bits per heavy atom. The Morgan fingerprint density at radius 3 is 2.00 bits per heavy atom. The van der Waals surface area contributed by atoms with Crippen molar-refractivity contribution < 1.29 is 18.0 Å². The molecule has 1 rings (SSSR count). The fourth-order valence-electron chi connectivity index (χ4n) is 1.96. The lowest BCUT2D eigenvalue weighted by Crippen LogP contribution is -2.43. The molecule has 15 heavy (non-hydrogen) atoms. The van der Waals surface area contributed by atoms with Gasteiger partial charge < -0.3 is 18.0 Å². The molecule has 5 heteroatoms. The lowest BCUT2D eigenvalue weighted by atomic mass is 10.3. The third-order valence-corrected chi connectivity index (χ3v) is 5.68. The molecule has 90 valence electrons. The first-order chi connectivity index (χ1) is 7.26. The molecule has 0 radical (unpaired) electrons. The van der Waals surface area contributed by atoms with Crippen LogP contribution in [0.15, 0.2) is 0 Å². The molecule has 0 N–H and O–H groups in total. The summed E-state index contributed by atoms with van der Waals surface area (Å²) in [5.74, 6) is 0. The van der Waals surface area contributed by atoms with Gasteiger partial charge in [-0.15, -0.1) is 0 Å². The van der Waals surface area contributed by atoms with Gasteiger partial charge in [0.2, 0.25) is 0 Å². The molecular weight excluding hydrogens is 212 g/mol. The summed E-state index contributed by atoms with van der Waals surface area (Å²) < 4.78 is 21.7. The smallest absolute Gasteiger partial charge is 0.378 e. The predicted octanol–water partition coefficient (Wildman–Crippen LogP) is 1.82. The molecule has 0 heterocycles. The van der Waals surface area contributed by atoms with Crippen LogP contribution in [-0.4, -0.2) is 42.8 Å². The van der Waals surface area contributed by atoms with Gasteiger partial charge in [-0.3, -0.25) is 0 Å². The highest BCUT2D eigenvalue weighted by Gasteiger charge is 2.37. The van der Waals surface area contributed by atoms with Crippen molar-refractivity contribution in [3.63, 3.8) is 0 Å². The van der Waals surface area contributed by atoms with Crippen molar-refractivity contribution in [2.45, 2.75) is 37.8 Å². The van der Waals surface area contributed by atoms with Gasteiger partial charge in [-0.05, 0) is 12.8 Å². The van der Waals surface area contributed by atoms with Crippen LogP contribution >= 0.6 is 0 Å². The van der Waals surface area contributed by atoms with Crippen LogP contribution in [0.3, 0.4) is 0 Å². The molecule has 1 aliphatic carbocycles. The van der Waals surface area contributed by atoms with Crippen LogP contribution in [0.2, 0.25) is 6.04 Å². The fraction of sp³-hybridized carbons (Fsp3) is 1.00. The molecule has 0 saturated heterocycles. The Balaban J connectivity index is 2.21. The summed E-state index contributed by atoms with van der Waals surface area (Å²) in [6.45, 7) is 0.673. The molecule has 0 aromatic heterocycles. The summed E-state index contributed by atoms with van der Waals surface area (Å²) in [4.78, 5) is 0. The Labute approximate surface area is 93.2 Å². The highest BCUT2D eigenvalue weighted by Crippen LogP contribution is 2.22. The second-order valence-electron chi connectivity index (χ2n) is 3.82. The molecule has 0 aromatic carbocycles. The molecule has 0 spiro atoms. The molecule has 0 aliphatic heterocycles. The van der Waals surface area contributed by atoms with Gasteiger partial charge in [0.15, 0.2) is 0 Å². The van der Waals surface area contributed by atoms with Crippen molar-refractivity contribution in [3.8, 4) is 0 Å². The summed E-state index contributed by atoms with van der Waals surface area (Å²) in [6.07, 6.45) is 5.43. The van der Waals surface area contributed by atoms with E-state index < -0.39 is 8.80 Å². The van der Waals surface area contributed by atoms with E-state index in [4.69, 9.17) is 18.0 Å². The zero-order valence-corrected chi connectivity index (χ0v) is 11.0. The second kappa shape index (κ2) is 6.60. The van der Waals surface area contributed by atoms with Crippen LogP contribution in [0.25, 0.3) is 0 Å². The monoisotopic (exact) mass is 234 g/mol. The predicted molar refractivity (Wildman–Crippen MR) is 59.8 cm³/mol. The SMILES string of the molecule is CO[Si](CCOC1CCCC1)(OC)OC. The van der Waals surface area contributed by atoms with E-state index in [0.717, 1.165) is 6.04 Å². The first kappa shape index (κ1) is 13.1. The number of ether oxygens (including phenoxy) is 1. The van der Waals surface area contributed by atoms with E-state index in [1.54, 1.807) is 21.3 Å². The highest BCUT2D eigenvalue weighted by atomic mass is 28.4. The van der Waals surface area contributed by atoms with Gasteiger partial charge >= 0.3 is 8.80 Å². The Hall–Kier alpha value is 0.0569. The minimum atomic E-state index is -2.41. The molecule has 0 aromatic rings. The van der Waals surface area contributed by atoms with Crippen molar-refractivity contribution in [1.82, 2.24) is 0 Å². The van der Waals surface area contributed by atoms with E-state index in [9.17, 15) is 0 Å². The highest BCUT2D eigenvalue weighted by molar-refractivity contribution is 6.60. The van der Waals surface area contributed by atoms with Gasteiger partial charge in [0.05, 0.1) is 12.7 Å². The lowest BCUT2D eigenvalue weighted by Gasteiger charge is -2.24. The topological polar surface area (TPSA) is 36.9 Å². The maximum atomic E-state index is 5.76. The largest absolute Gasteiger partial charge is 0.502 e. The third-order valence-electron chi connectivity index (χ3n) is 3.00. The first-order valence-corrected chi connectivity index (χ1v) is 7.46. The van der Waals surface area contributed by atoms with Gasteiger partial charge in [-0.2, -0.15) is 0 Å². The minimum Gasteiger partial charge on any atom is -0.378 e. The Kier molecular flexibility index (Phi) is 5.77. The molecule has 4 nitrogen and oxygen atoms in total. The van der Waals surface area contributed by atoms with Crippen molar-refractivity contribution in [2.24, 2.45) is 0 Å². The van der Waals surface area contributed by atoms with E-state index in [0.29, 0.717) is 12.7 Å². The van der Waals surface area contributed by atoms with Gasteiger partial charge in [0.1, 0.15) is 0 Å². The van der Waals surface area contributed by atoms with Crippen LogP contribution < -0.4 is 0 Å². The van der Waals surface area contributed by atoms with Crippen molar-refractivity contribution >= 4 is 8.80 Å². The average molecular weight is 234 g/mol. The van der Waals surface area contributed by atoms with Gasteiger partial charge in [0.25, 0.3) is 0 Å². The van der Waals surface area contributed by atoms with Crippen molar-refractivity contribution in [1.29, 1.82) is 0 Å². The summed E-state index contributed by atoms with van der Waals surface area (Å²) in [7, 11) is 2.49. The Bertz CT molecular complexity index is 159. The molecule has 0 amide bonds. The number of rotatable bonds is 7. The quantitative estimate of drug-likeness (QED) is 0.630. The zero-order valence-electron chi connectivity index (χ0n) is 9.95. The lowest BCUT2D eigenvalue weighted by molar-refractivity contribution is 0.0513.